The second-order valence-corrected chi connectivity index (χ2v) is 8.12. The van der Waals surface area contributed by atoms with Crippen molar-refractivity contribution in [2.24, 2.45) is 0 Å². The number of nitrogens with one attached hydrogen (secondary N) is 2. The van der Waals surface area contributed by atoms with Crippen molar-refractivity contribution in [2.45, 2.75) is 26.0 Å². The SMILES string of the molecule is COc1ccc(C2=C(C(=O)OC(C)C)C(c3cc(Cl)c(OC)c(Cl)c3OC)NC(=O)N2)cc1. The van der Waals surface area contributed by atoms with Crippen molar-refractivity contribution >= 4 is 40.9 Å². The second kappa shape index (κ2) is 10.2. The quantitative estimate of drug-likeness (QED) is 0.539. The van der Waals surface area contributed by atoms with E-state index in [1.54, 1.807) is 45.2 Å². The van der Waals surface area contributed by atoms with Crippen LogP contribution in [0.3, 0.4) is 0 Å². The van der Waals surface area contributed by atoms with E-state index in [0.717, 1.165) is 0 Å². The van der Waals surface area contributed by atoms with Crippen LogP contribution in [0.1, 0.15) is 31.0 Å². The summed E-state index contributed by atoms with van der Waals surface area (Å²) in [5, 5.41) is 5.77. The van der Waals surface area contributed by atoms with E-state index in [1.165, 1.54) is 20.3 Å². The molecule has 8 nitrogen and oxygen atoms in total. The monoisotopic (exact) mass is 494 g/mol. The zero-order chi connectivity index (χ0) is 24.3. The molecule has 1 aliphatic heterocycles. The van der Waals surface area contributed by atoms with Crippen molar-refractivity contribution in [1.29, 1.82) is 0 Å². The van der Waals surface area contributed by atoms with Gasteiger partial charge in [0, 0.05) is 5.56 Å². The number of hydrogen-bond donors (Lipinski definition) is 2. The maximum Gasteiger partial charge on any atom is 0.338 e. The molecule has 3 rings (SSSR count). The highest BCUT2D eigenvalue weighted by atomic mass is 35.5. The third-order valence-corrected chi connectivity index (χ3v) is 5.52. The molecule has 2 aromatic rings. The van der Waals surface area contributed by atoms with Crippen molar-refractivity contribution in [3.63, 3.8) is 0 Å². The molecule has 1 unspecified atom stereocenters. The van der Waals surface area contributed by atoms with Gasteiger partial charge in [-0.25, -0.2) is 9.59 Å². The summed E-state index contributed by atoms with van der Waals surface area (Å²) in [5.74, 6) is 0.412. The summed E-state index contributed by atoms with van der Waals surface area (Å²) >= 11 is 12.8. The Labute approximate surface area is 201 Å². The van der Waals surface area contributed by atoms with Crippen molar-refractivity contribution in [3.8, 4) is 17.2 Å². The third kappa shape index (κ3) is 4.96. The van der Waals surface area contributed by atoms with Gasteiger partial charge in [0.2, 0.25) is 0 Å². The van der Waals surface area contributed by atoms with Crippen LogP contribution >= 0.6 is 23.2 Å². The van der Waals surface area contributed by atoms with Gasteiger partial charge < -0.3 is 29.6 Å². The Hall–Kier alpha value is -3.10. The molecule has 0 spiro atoms. The maximum atomic E-state index is 13.3. The number of urea groups is 1. The average molecular weight is 495 g/mol. The molecule has 0 saturated heterocycles. The van der Waals surface area contributed by atoms with E-state index in [0.29, 0.717) is 16.9 Å². The highest BCUT2D eigenvalue weighted by Crippen LogP contribution is 2.46. The fraction of sp³-hybridized carbons (Fsp3) is 0.304. The minimum absolute atomic E-state index is 0.109. The lowest BCUT2D eigenvalue weighted by Gasteiger charge is -2.31. The van der Waals surface area contributed by atoms with Gasteiger partial charge in [0.05, 0.1) is 49.8 Å². The van der Waals surface area contributed by atoms with Gasteiger partial charge in [0.1, 0.15) is 16.5 Å². The summed E-state index contributed by atoms with van der Waals surface area (Å²) in [7, 11) is 4.39. The maximum absolute atomic E-state index is 13.3. The van der Waals surface area contributed by atoms with Gasteiger partial charge in [-0.05, 0) is 49.7 Å². The van der Waals surface area contributed by atoms with E-state index in [4.69, 9.17) is 42.1 Å². The minimum Gasteiger partial charge on any atom is -0.497 e. The van der Waals surface area contributed by atoms with Crippen LogP contribution in [0.2, 0.25) is 10.0 Å². The van der Waals surface area contributed by atoms with Crippen LogP contribution < -0.4 is 24.8 Å². The number of amides is 2. The van der Waals surface area contributed by atoms with Gasteiger partial charge in [-0.2, -0.15) is 0 Å². The summed E-state index contributed by atoms with van der Waals surface area (Å²) in [4.78, 5) is 25.9. The molecule has 0 radical (unpaired) electrons. The fourth-order valence-electron chi connectivity index (χ4n) is 3.49. The third-order valence-electron chi connectivity index (χ3n) is 4.89. The van der Waals surface area contributed by atoms with Crippen LogP contribution in [0.25, 0.3) is 5.70 Å². The predicted molar refractivity (Wildman–Crippen MR) is 125 cm³/mol. The number of benzene rings is 2. The molecule has 176 valence electrons. The lowest BCUT2D eigenvalue weighted by atomic mass is 9.91. The van der Waals surface area contributed by atoms with Crippen LogP contribution in [0.15, 0.2) is 35.9 Å². The van der Waals surface area contributed by atoms with Gasteiger partial charge >= 0.3 is 12.0 Å². The van der Waals surface area contributed by atoms with Crippen LogP contribution in [0.5, 0.6) is 17.2 Å². The molecule has 1 heterocycles. The molecular formula is C23H24Cl2N2O6. The largest absolute Gasteiger partial charge is 0.497 e. The minimum atomic E-state index is -0.974. The van der Waals surface area contributed by atoms with E-state index >= 15 is 0 Å². The number of hydrogen-bond acceptors (Lipinski definition) is 6. The number of esters is 1. The van der Waals surface area contributed by atoms with Crippen molar-refractivity contribution in [1.82, 2.24) is 10.6 Å². The second-order valence-electron chi connectivity index (χ2n) is 7.33. The number of carbonyl (C=O) groups excluding carboxylic acids is 2. The van der Waals surface area contributed by atoms with Crippen molar-refractivity contribution in [3.05, 3.63) is 57.1 Å². The number of methoxy groups -OCH3 is 3. The van der Waals surface area contributed by atoms with E-state index in [-0.39, 0.29) is 32.8 Å². The Bertz CT molecular complexity index is 1100. The Morgan fingerprint density at radius 3 is 2.18 bits per heavy atom. The predicted octanol–water partition coefficient (Wildman–Crippen LogP) is 4.74. The molecule has 0 aromatic heterocycles. The van der Waals surface area contributed by atoms with Crippen LogP contribution in [0.4, 0.5) is 4.79 Å². The molecule has 0 saturated carbocycles. The molecule has 33 heavy (non-hydrogen) atoms. The van der Waals surface area contributed by atoms with Crippen LogP contribution in [-0.2, 0) is 9.53 Å². The van der Waals surface area contributed by atoms with E-state index < -0.39 is 24.1 Å². The van der Waals surface area contributed by atoms with Crippen molar-refractivity contribution in [2.75, 3.05) is 21.3 Å². The molecule has 0 fully saturated rings. The Morgan fingerprint density at radius 2 is 1.64 bits per heavy atom. The zero-order valence-electron chi connectivity index (χ0n) is 18.7. The first-order valence-electron chi connectivity index (χ1n) is 9.98. The molecule has 0 aliphatic carbocycles. The number of ether oxygens (including phenoxy) is 4. The Morgan fingerprint density at radius 1 is 1.00 bits per heavy atom. The lowest BCUT2D eigenvalue weighted by molar-refractivity contribution is -0.143. The first kappa shape index (κ1) is 24.5. The summed E-state index contributed by atoms with van der Waals surface area (Å²) in [6, 6.07) is 6.93. The van der Waals surface area contributed by atoms with Gasteiger partial charge in [-0.3, -0.25) is 0 Å². The first-order valence-corrected chi connectivity index (χ1v) is 10.7. The van der Waals surface area contributed by atoms with E-state index in [9.17, 15) is 9.59 Å². The average Bonchev–Trinajstić information content (AvgIpc) is 2.78. The van der Waals surface area contributed by atoms with Crippen LogP contribution in [0, 0.1) is 0 Å². The van der Waals surface area contributed by atoms with Crippen LogP contribution in [-0.4, -0.2) is 39.4 Å². The first-order chi connectivity index (χ1) is 15.7. The van der Waals surface area contributed by atoms with Gasteiger partial charge in [0.25, 0.3) is 0 Å². The summed E-state index contributed by atoms with van der Waals surface area (Å²) in [6.07, 6.45) is -0.398. The van der Waals surface area contributed by atoms with Crippen molar-refractivity contribution < 1.29 is 28.5 Å². The lowest BCUT2D eigenvalue weighted by Crippen LogP contribution is -2.45. The standard InChI is InChI=1S/C23H24Cl2N2O6/c1-11(2)33-22(28)16-18(12-6-8-13(30-3)9-7-12)26-23(29)27-19(16)14-10-15(24)21(32-5)17(25)20(14)31-4/h6-11,19H,1-5H3,(H2,26,27,29). The Kier molecular flexibility index (Phi) is 7.61. The smallest absolute Gasteiger partial charge is 0.338 e. The number of rotatable bonds is 7. The molecule has 2 aromatic carbocycles. The zero-order valence-corrected chi connectivity index (χ0v) is 20.3. The summed E-state index contributed by atoms with van der Waals surface area (Å²) in [6.45, 7) is 3.47. The molecule has 0 bridgehead atoms. The molecule has 10 heteroatoms. The highest BCUT2D eigenvalue weighted by molar-refractivity contribution is 6.38. The van der Waals surface area contributed by atoms with E-state index in [1.807, 2.05) is 0 Å². The van der Waals surface area contributed by atoms with E-state index in [2.05, 4.69) is 10.6 Å². The van der Waals surface area contributed by atoms with Gasteiger partial charge in [0.15, 0.2) is 5.75 Å². The number of carbonyl (C=O) groups is 2. The normalized spacial score (nSPS) is 15.6. The molecule has 1 atom stereocenters. The Balaban J connectivity index is 2.28. The molecular weight excluding hydrogens is 471 g/mol. The topological polar surface area (TPSA) is 95.1 Å². The molecule has 1 aliphatic rings. The molecule has 2 amide bonds. The van der Waals surface area contributed by atoms with Gasteiger partial charge in [-0.1, -0.05) is 23.2 Å². The summed E-state index contributed by atoms with van der Waals surface area (Å²) < 4.78 is 21.5. The van der Waals surface area contributed by atoms with Gasteiger partial charge in [-0.15, -0.1) is 0 Å². The number of halogens is 2. The molecule has 2 N–H and O–H groups in total. The summed E-state index contributed by atoms with van der Waals surface area (Å²) in [5.41, 5.74) is 1.38. The fourth-order valence-corrected chi connectivity index (χ4v) is 4.19. The highest BCUT2D eigenvalue weighted by Gasteiger charge is 2.37.